The van der Waals surface area contributed by atoms with Gasteiger partial charge in [-0.1, -0.05) is 0 Å². The molecule has 1 heterocycles. The number of aromatic nitrogens is 2. The Hall–Kier alpha value is -1.28. The number of hydrogen-bond donors (Lipinski definition) is 8. The number of aliphatic hydroxyl groups excluding tert-OH is 6. The zero-order valence-corrected chi connectivity index (χ0v) is 18.5. The summed E-state index contributed by atoms with van der Waals surface area (Å²) >= 11 is 0. The normalized spacial score (nSPS) is 18.5. The van der Waals surface area contributed by atoms with Crippen LogP contribution in [0.5, 0.6) is 0 Å². The summed E-state index contributed by atoms with van der Waals surface area (Å²) in [6.45, 7) is 0.496. The van der Waals surface area contributed by atoms with Gasteiger partial charge in [0.05, 0.1) is 36.4 Å². The van der Waals surface area contributed by atoms with Gasteiger partial charge in [0.2, 0.25) is 0 Å². The molecule has 0 radical (unpaired) electrons. The van der Waals surface area contributed by atoms with E-state index in [1.165, 1.54) is 19.3 Å². The second-order valence-electron chi connectivity index (χ2n) is 7.95. The maximum atomic E-state index is 11.4. The molecule has 0 amide bonds. The van der Waals surface area contributed by atoms with Crippen LogP contribution in [0.4, 0.5) is 0 Å². The fourth-order valence-corrected chi connectivity index (χ4v) is 3.62. The van der Waals surface area contributed by atoms with Gasteiger partial charge in [-0.05, 0) is 39.0 Å². The molecular formula is C21H38N2O9. The maximum absolute atomic E-state index is 11.4. The molecule has 8 N–H and O–H groups in total. The Morgan fingerprint density at radius 1 is 0.906 bits per heavy atom. The SMILES string of the molecule is C[C@H](O)[C@@](O)(CCCO)C(O)(CCCO)c1cnc(C[C@H](O)[C@H](CO)OCCCO)cn1. The van der Waals surface area contributed by atoms with E-state index in [1.807, 2.05) is 0 Å². The third-order valence-corrected chi connectivity index (χ3v) is 5.61. The molecule has 0 aromatic carbocycles. The first-order valence-electron chi connectivity index (χ1n) is 10.9. The quantitative estimate of drug-likeness (QED) is 0.119. The fraction of sp³-hybridized carbons (Fsp3) is 0.810. The van der Waals surface area contributed by atoms with Crippen molar-refractivity contribution in [3.8, 4) is 0 Å². The molecule has 0 aliphatic heterocycles. The van der Waals surface area contributed by atoms with Gasteiger partial charge in [-0.2, -0.15) is 0 Å². The summed E-state index contributed by atoms with van der Waals surface area (Å²) in [5.41, 5.74) is -3.79. The summed E-state index contributed by atoms with van der Waals surface area (Å²) < 4.78 is 5.34. The number of nitrogens with zero attached hydrogens (tertiary/aromatic N) is 2. The predicted molar refractivity (Wildman–Crippen MR) is 113 cm³/mol. The van der Waals surface area contributed by atoms with Gasteiger partial charge in [-0.25, -0.2) is 0 Å². The van der Waals surface area contributed by atoms with E-state index in [-0.39, 0.29) is 64.2 Å². The molecular weight excluding hydrogens is 424 g/mol. The largest absolute Gasteiger partial charge is 0.396 e. The average molecular weight is 463 g/mol. The molecule has 11 heteroatoms. The topological polar surface area (TPSA) is 197 Å². The lowest BCUT2D eigenvalue weighted by Crippen LogP contribution is -2.59. The first-order chi connectivity index (χ1) is 15.2. The van der Waals surface area contributed by atoms with Crippen LogP contribution in [-0.4, -0.2) is 108 Å². The van der Waals surface area contributed by atoms with Crippen molar-refractivity contribution in [2.75, 3.05) is 33.0 Å². The van der Waals surface area contributed by atoms with E-state index in [9.17, 15) is 35.7 Å². The van der Waals surface area contributed by atoms with Crippen LogP contribution in [0.15, 0.2) is 12.4 Å². The van der Waals surface area contributed by atoms with Crippen molar-refractivity contribution in [2.24, 2.45) is 0 Å². The highest BCUT2D eigenvalue weighted by Gasteiger charge is 2.53. The molecule has 0 fully saturated rings. The Kier molecular flexibility index (Phi) is 12.7. The van der Waals surface area contributed by atoms with Crippen LogP contribution in [0.1, 0.15) is 50.4 Å². The highest BCUT2D eigenvalue weighted by Crippen LogP contribution is 2.41. The minimum Gasteiger partial charge on any atom is -0.396 e. The van der Waals surface area contributed by atoms with Crippen LogP contribution >= 0.6 is 0 Å². The van der Waals surface area contributed by atoms with Gasteiger partial charge >= 0.3 is 0 Å². The van der Waals surface area contributed by atoms with Crippen molar-refractivity contribution in [2.45, 2.75) is 75.0 Å². The highest BCUT2D eigenvalue weighted by molar-refractivity contribution is 5.19. The van der Waals surface area contributed by atoms with Gasteiger partial charge in [0, 0.05) is 39.0 Å². The van der Waals surface area contributed by atoms with Crippen LogP contribution in [0.25, 0.3) is 0 Å². The van der Waals surface area contributed by atoms with Crippen LogP contribution in [0.2, 0.25) is 0 Å². The fourth-order valence-electron chi connectivity index (χ4n) is 3.62. The van der Waals surface area contributed by atoms with Crippen molar-refractivity contribution in [3.05, 3.63) is 23.8 Å². The van der Waals surface area contributed by atoms with Crippen molar-refractivity contribution in [1.82, 2.24) is 9.97 Å². The third-order valence-electron chi connectivity index (χ3n) is 5.61. The molecule has 186 valence electrons. The van der Waals surface area contributed by atoms with Crippen LogP contribution in [0, 0.1) is 0 Å². The number of rotatable bonds is 17. The summed E-state index contributed by atoms with van der Waals surface area (Å²) in [5.74, 6) is 0. The molecule has 0 saturated heterocycles. The molecule has 1 rings (SSSR count). The lowest BCUT2D eigenvalue weighted by molar-refractivity contribution is -0.215. The molecule has 0 saturated carbocycles. The maximum Gasteiger partial charge on any atom is 0.139 e. The minimum atomic E-state index is -2.05. The van der Waals surface area contributed by atoms with Gasteiger partial charge in [0.1, 0.15) is 17.3 Å². The van der Waals surface area contributed by atoms with E-state index in [1.54, 1.807) is 0 Å². The van der Waals surface area contributed by atoms with E-state index >= 15 is 0 Å². The zero-order chi connectivity index (χ0) is 24.2. The molecule has 0 aliphatic rings. The highest BCUT2D eigenvalue weighted by atomic mass is 16.5. The lowest BCUT2D eigenvalue weighted by Gasteiger charge is -2.45. The second-order valence-corrected chi connectivity index (χ2v) is 7.95. The molecule has 1 aromatic rings. The van der Waals surface area contributed by atoms with Crippen molar-refractivity contribution in [3.63, 3.8) is 0 Å². The number of ether oxygens (including phenoxy) is 1. The smallest absolute Gasteiger partial charge is 0.139 e. The molecule has 11 nitrogen and oxygen atoms in total. The standard InChI is InChI=1S/C21H38N2O9/c1-15(28)20(30,5-2-7-24)21(31,6-3-8-25)19-13-22-16(12-23-19)11-17(29)18(14-27)32-10-4-9-26/h12-13,15,17-18,24-31H,2-11,14H2,1H3/t15-,17-,18-,20-,21?/m0/s1. The van der Waals surface area contributed by atoms with Crippen molar-refractivity contribution in [1.29, 1.82) is 0 Å². The van der Waals surface area contributed by atoms with Crippen LogP contribution < -0.4 is 0 Å². The Balaban J connectivity index is 3.09. The summed E-state index contributed by atoms with van der Waals surface area (Å²) in [4.78, 5) is 8.39. The second kappa shape index (κ2) is 14.1. The summed E-state index contributed by atoms with van der Waals surface area (Å²) in [5, 5.41) is 79.8. The molecule has 5 atom stereocenters. The predicted octanol–water partition coefficient (Wildman–Crippen LogP) is -2.02. The van der Waals surface area contributed by atoms with Gasteiger partial charge in [0.25, 0.3) is 0 Å². The molecule has 0 bridgehead atoms. The van der Waals surface area contributed by atoms with Gasteiger partial charge < -0.3 is 45.6 Å². The van der Waals surface area contributed by atoms with E-state index < -0.39 is 36.1 Å². The molecule has 1 unspecified atom stereocenters. The Labute approximate surface area is 188 Å². The van der Waals surface area contributed by atoms with Crippen LogP contribution in [-0.2, 0) is 16.8 Å². The Bertz CT molecular complexity index is 634. The summed E-state index contributed by atoms with van der Waals surface area (Å²) in [6, 6.07) is 0. The summed E-state index contributed by atoms with van der Waals surface area (Å²) in [7, 11) is 0. The van der Waals surface area contributed by atoms with Gasteiger partial charge in [-0.15, -0.1) is 0 Å². The Morgan fingerprint density at radius 2 is 1.53 bits per heavy atom. The van der Waals surface area contributed by atoms with E-state index in [2.05, 4.69) is 9.97 Å². The first-order valence-corrected chi connectivity index (χ1v) is 10.9. The minimum absolute atomic E-state index is 0.00210. The van der Waals surface area contributed by atoms with E-state index in [4.69, 9.17) is 9.84 Å². The average Bonchev–Trinajstić information content (AvgIpc) is 2.78. The Morgan fingerprint density at radius 3 is 2.03 bits per heavy atom. The van der Waals surface area contributed by atoms with Crippen LogP contribution in [0.3, 0.4) is 0 Å². The van der Waals surface area contributed by atoms with E-state index in [0.29, 0.717) is 12.1 Å². The zero-order valence-electron chi connectivity index (χ0n) is 18.5. The van der Waals surface area contributed by atoms with E-state index in [0.717, 1.165) is 0 Å². The molecule has 0 aliphatic carbocycles. The van der Waals surface area contributed by atoms with Crippen molar-refractivity contribution >= 4 is 0 Å². The molecule has 1 aromatic heterocycles. The van der Waals surface area contributed by atoms with Gasteiger partial charge in [-0.3, -0.25) is 9.97 Å². The number of aliphatic hydroxyl groups is 8. The monoisotopic (exact) mass is 462 g/mol. The summed E-state index contributed by atoms with van der Waals surface area (Å²) in [6.07, 6.45) is -0.421. The lowest BCUT2D eigenvalue weighted by atomic mass is 9.71. The first kappa shape index (κ1) is 28.8. The van der Waals surface area contributed by atoms with Gasteiger partial charge in [0.15, 0.2) is 0 Å². The third kappa shape index (κ3) is 7.37. The number of hydrogen-bond acceptors (Lipinski definition) is 11. The molecule has 32 heavy (non-hydrogen) atoms. The molecule has 0 spiro atoms. The van der Waals surface area contributed by atoms with Crippen molar-refractivity contribution < 1.29 is 45.6 Å².